The third kappa shape index (κ3) is 3.71. The number of rotatable bonds is 3. The van der Waals surface area contributed by atoms with Crippen molar-refractivity contribution in [3.63, 3.8) is 0 Å². The van der Waals surface area contributed by atoms with Crippen molar-refractivity contribution in [2.24, 2.45) is 0 Å². The smallest absolute Gasteiger partial charge is 0.337 e. The van der Waals surface area contributed by atoms with Crippen LogP contribution in [0.5, 0.6) is 0 Å². The van der Waals surface area contributed by atoms with Crippen molar-refractivity contribution in [1.82, 2.24) is 4.90 Å². The number of hydrogen-bond acceptors (Lipinski definition) is 3. The van der Waals surface area contributed by atoms with Gasteiger partial charge in [-0.1, -0.05) is 18.2 Å². The highest BCUT2D eigenvalue weighted by Crippen LogP contribution is 2.32. The molecule has 0 aliphatic carbocycles. The van der Waals surface area contributed by atoms with Gasteiger partial charge in [-0.05, 0) is 55.2 Å². The third-order valence-corrected chi connectivity index (χ3v) is 4.53. The first-order chi connectivity index (χ1) is 12.1. The number of piperidine rings is 1. The van der Waals surface area contributed by atoms with Gasteiger partial charge in [0.15, 0.2) is 0 Å². The van der Waals surface area contributed by atoms with Gasteiger partial charge in [0.25, 0.3) is 5.91 Å². The average Bonchev–Trinajstić information content (AvgIpc) is 2.67. The Morgan fingerprint density at radius 1 is 1.08 bits per heavy atom. The van der Waals surface area contributed by atoms with Gasteiger partial charge >= 0.3 is 5.97 Å². The fourth-order valence-electron chi connectivity index (χ4n) is 3.30. The summed E-state index contributed by atoms with van der Waals surface area (Å²) in [5.74, 6) is -0.933. The number of likely N-dealkylation sites (tertiary alicyclic amines) is 1. The molecule has 1 aliphatic heterocycles. The fourth-order valence-corrected chi connectivity index (χ4v) is 3.30. The van der Waals surface area contributed by atoms with Gasteiger partial charge in [0.2, 0.25) is 0 Å². The maximum absolute atomic E-state index is 13.6. The average molecular weight is 341 g/mol. The van der Waals surface area contributed by atoms with Crippen LogP contribution in [0.25, 0.3) is 0 Å². The summed E-state index contributed by atoms with van der Waals surface area (Å²) in [6.45, 7) is 0.614. The lowest BCUT2D eigenvalue weighted by atomic mass is 9.94. The van der Waals surface area contributed by atoms with E-state index in [2.05, 4.69) is 0 Å². The lowest BCUT2D eigenvalue weighted by Gasteiger charge is -2.36. The maximum atomic E-state index is 13.6. The highest BCUT2D eigenvalue weighted by Gasteiger charge is 2.29. The zero-order chi connectivity index (χ0) is 17.8. The number of hydrogen-bond donors (Lipinski definition) is 0. The van der Waals surface area contributed by atoms with Crippen LogP contribution in [0.3, 0.4) is 0 Å². The van der Waals surface area contributed by atoms with Gasteiger partial charge in [0, 0.05) is 12.1 Å². The number of benzene rings is 2. The number of ether oxygens (including phenoxy) is 1. The van der Waals surface area contributed by atoms with Crippen LogP contribution in [-0.2, 0) is 4.74 Å². The van der Waals surface area contributed by atoms with E-state index >= 15 is 0 Å². The number of carbonyl (C=O) groups excluding carboxylic acids is 2. The van der Waals surface area contributed by atoms with Crippen molar-refractivity contribution in [3.05, 3.63) is 71.0 Å². The van der Waals surface area contributed by atoms with Crippen LogP contribution in [0.1, 0.15) is 51.6 Å². The molecule has 0 spiro atoms. The molecular formula is C20H20FNO3. The van der Waals surface area contributed by atoms with E-state index in [9.17, 15) is 14.0 Å². The Bertz CT molecular complexity index is 790. The fraction of sp³-hybridized carbons (Fsp3) is 0.300. The highest BCUT2D eigenvalue weighted by atomic mass is 19.1. The highest BCUT2D eigenvalue weighted by molar-refractivity contribution is 5.98. The molecule has 0 saturated carbocycles. The van der Waals surface area contributed by atoms with Crippen molar-refractivity contribution >= 4 is 11.9 Å². The summed E-state index contributed by atoms with van der Waals surface area (Å²) in [6.07, 6.45) is 2.70. The molecule has 1 atom stereocenters. The standard InChI is InChI=1S/C20H20FNO3/c1-25-20(24)16-8-4-7-15(12-16)19(23)22-11-3-2-10-18(22)14-6-5-9-17(21)13-14/h4-9,12-13,18H,2-3,10-11H2,1H3/t18-/m0/s1. The molecule has 4 nitrogen and oxygen atoms in total. The molecule has 3 rings (SSSR count). The molecule has 25 heavy (non-hydrogen) atoms. The van der Waals surface area contributed by atoms with E-state index < -0.39 is 5.97 Å². The Morgan fingerprint density at radius 2 is 1.84 bits per heavy atom. The molecule has 5 heteroatoms. The Hall–Kier alpha value is -2.69. The zero-order valence-electron chi connectivity index (χ0n) is 14.1. The van der Waals surface area contributed by atoms with Crippen LogP contribution >= 0.6 is 0 Å². The van der Waals surface area contributed by atoms with E-state index in [1.165, 1.54) is 19.2 Å². The van der Waals surface area contributed by atoms with Gasteiger partial charge in [-0.25, -0.2) is 9.18 Å². The number of halogens is 1. The second-order valence-electron chi connectivity index (χ2n) is 6.14. The van der Waals surface area contributed by atoms with Crippen LogP contribution in [0.2, 0.25) is 0 Å². The van der Waals surface area contributed by atoms with Crippen molar-refractivity contribution in [3.8, 4) is 0 Å². The number of carbonyl (C=O) groups is 2. The minimum Gasteiger partial charge on any atom is -0.465 e. The Balaban J connectivity index is 1.90. The minimum absolute atomic E-state index is 0.153. The number of amides is 1. The second-order valence-corrected chi connectivity index (χ2v) is 6.14. The SMILES string of the molecule is COC(=O)c1cccc(C(=O)N2CCCC[C@H]2c2cccc(F)c2)c1. The Morgan fingerprint density at radius 3 is 2.60 bits per heavy atom. The van der Waals surface area contributed by atoms with Crippen LogP contribution < -0.4 is 0 Å². The predicted molar refractivity (Wildman–Crippen MR) is 91.8 cm³/mol. The van der Waals surface area contributed by atoms with Gasteiger partial charge in [0.05, 0.1) is 18.7 Å². The van der Waals surface area contributed by atoms with Crippen LogP contribution in [0.15, 0.2) is 48.5 Å². The molecule has 0 bridgehead atoms. The first-order valence-corrected chi connectivity index (χ1v) is 8.35. The molecule has 0 unspecified atom stereocenters. The van der Waals surface area contributed by atoms with Gasteiger partial charge in [-0.3, -0.25) is 4.79 Å². The van der Waals surface area contributed by atoms with E-state index in [-0.39, 0.29) is 17.8 Å². The monoisotopic (exact) mass is 341 g/mol. The van der Waals surface area contributed by atoms with Gasteiger partial charge in [0.1, 0.15) is 5.82 Å². The largest absolute Gasteiger partial charge is 0.465 e. The van der Waals surface area contributed by atoms with Crippen molar-refractivity contribution in [1.29, 1.82) is 0 Å². The maximum Gasteiger partial charge on any atom is 0.337 e. The van der Waals surface area contributed by atoms with Gasteiger partial charge in [-0.2, -0.15) is 0 Å². The molecule has 1 fully saturated rings. The summed E-state index contributed by atoms with van der Waals surface area (Å²) in [5.41, 5.74) is 1.58. The third-order valence-electron chi connectivity index (χ3n) is 4.53. The van der Waals surface area contributed by atoms with Gasteiger partial charge < -0.3 is 9.64 Å². The van der Waals surface area contributed by atoms with Gasteiger partial charge in [-0.15, -0.1) is 0 Å². The van der Waals surface area contributed by atoms with E-state index in [1.54, 1.807) is 35.2 Å². The molecule has 0 aromatic heterocycles. The molecule has 130 valence electrons. The Kier molecular flexibility index (Phi) is 5.12. The number of nitrogens with zero attached hydrogens (tertiary/aromatic N) is 1. The molecule has 2 aromatic rings. The summed E-state index contributed by atoms with van der Waals surface area (Å²) in [4.78, 5) is 26.5. The molecule has 1 amide bonds. The first-order valence-electron chi connectivity index (χ1n) is 8.35. The molecule has 2 aromatic carbocycles. The summed E-state index contributed by atoms with van der Waals surface area (Å²) < 4.78 is 18.3. The van der Waals surface area contributed by atoms with E-state index in [0.29, 0.717) is 17.7 Å². The van der Waals surface area contributed by atoms with Crippen molar-refractivity contribution in [2.75, 3.05) is 13.7 Å². The lowest BCUT2D eigenvalue weighted by Crippen LogP contribution is -2.38. The second kappa shape index (κ2) is 7.47. The number of esters is 1. The van der Waals surface area contributed by atoms with Crippen LogP contribution in [0, 0.1) is 5.82 Å². The molecule has 0 N–H and O–H groups in total. The van der Waals surface area contributed by atoms with Crippen molar-refractivity contribution < 1.29 is 18.7 Å². The molecule has 1 aliphatic rings. The first kappa shape index (κ1) is 17.1. The van der Waals surface area contributed by atoms with Crippen LogP contribution in [-0.4, -0.2) is 30.4 Å². The number of methoxy groups -OCH3 is 1. The summed E-state index contributed by atoms with van der Waals surface area (Å²) in [6, 6.07) is 12.8. The topological polar surface area (TPSA) is 46.6 Å². The molecule has 1 heterocycles. The minimum atomic E-state index is -0.477. The Labute approximate surface area is 146 Å². The predicted octanol–water partition coefficient (Wildman–Crippen LogP) is 3.98. The lowest BCUT2D eigenvalue weighted by molar-refractivity contribution is 0.0600. The molecular weight excluding hydrogens is 321 g/mol. The normalized spacial score (nSPS) is 17.2. The molecule has 1 saturated heterocycles. The van der Waals surface area contributed by atoms with Crippen LogP contribution in [0.4, 0.5) is 4.39 Å². The summed E-state index contributed by atoms with van der Waals surface area (Å²) in [5, 5.41) is 0. The van der Waals surface area contributed by atoms with Crippen molar-refractivity contribution in [2.45, 2.75) is 25.3 Å². The van der Waals surface area contributed by atoms with E-state index in [1.807, 2.05) is 6.07 Å². The summed E-state index contributed by atoms with van der Waals surface area (Å²) in [7, 11) is 1.31. The quantitative estimate of drug-likeness (QED) is 0.793. The van der Waals surface area contributed by atoms with E-state index in [4.69, 9.17) is 4.74 Å². The molecule has 0 radical (unpaired) electrons. The zero-order valence-corrected chi connectivity index (χ0v) is 14.1. The summed E-state index contributed by atoms with van der Waals surface area (Å²) >= 11 is 0. The van der Waals surface area contributed by atoms with E-state index in [0.717, 1.165) is 24.8 Å².